The number of nitrogens with zero attached hydrogens (tertiary/aromatic N) is 2. The lowest BCUT2D eigenvalue weighted by atomic mass is 10.00. The largest absolute Gasteiger partial charge is 0.381 e. The van der Waals surface area contributed by atoms with Crippen LogP contribution >= 0.6 is 0 Å². The third-order valence-corrected chi connectivity index (χ3v) is 3.35. The van der Waals surface area contributed by atoms with Gasteiger partial charge in [-0.05, 0) is 30.9 Å². The number of para-hydroxylation sites is 1. The van der Waals surface area contributed by atoms with Crippen molar-refractivity contribution in [2.24, 2.45) is 16.8 Å². The fraction of sp³-hybridized carbons (Fsp3) is 0.500. The minimum Gasteiger partial charge on any atom is -0.381 e. The second kappa shape index (κ2) is 7.11. The monoisotopic (exact) mass is 262 g/mol. The first kappa shape index (κ1) is 13.8. The van der Waals surface area contributed by atoms with Gasteiger partial charge in [-0.25, -0.2) is 10.8 Å². The Labute approximate surface area is 114 Å². The van der Waals surface area contributed by atoms with E-state index in [4.69, 9.17) is 10.6 Å². The summed E-state index contributed by atoms with van der Waals surface area (Å²) in [5.41, 5.74) is 3.58. The Hall–Kier alpha value is -1.59. The van der Waals surface area contributed by atoms with Crippen LogP contribution < -0.4 is 11.3 Å². The average molecular weight is 262 g/mol. The maximum absolute atomic E-state index is 5.58. The molecule has 5 heteroatoms. The summed E-state index contributed by atoms with van der Waals surface area (Å²) in [6.07, 6.45) is 2.21. The molecule has 0 bridgehead atoms. The molecule has 1 aliphatic rings. The highest BCUT2D eigenvalue weighted by molar-refractivity contribution is 5.81. The Bertz CT molecular complexity index is 401. The van der Waals surface area contributed by atoms with Crippen molar-refractivity contribution in [1.82, 2.24) is 10.3 Å². The Morgan fingerprint density at radius 3 is 2.68 bits per heavy atom. The van der Waals surface area contributed by atoms with Gasteiger partial charge in [-0.15, -0.1) is 0 Å². The van der Waals surface area contributed by atoms with Crippen molar-refractivity contribution in [3.05, 3.63) is 30.3 Å². The van der Waals surface area contributed by atoms with Crippen molar-refractivity contribution in [1.29, 1.82) is 0 Å². The second-order valence-electron chi connectivity index (χ2n) is 4.85. The van der Waals surface area contributed by atoms with Crippen molar-refractivity contribution in [2.75, 3.05) is 26.8 Å². The van der Waals surface area contributed by atoms with Crippen LogP contribution in [-0.2, 0) is 4.74 Å². The smallest absolute Gasteiger partial charge is 0.213 e. The normalized spacial score (nSPS) is 17.3. The number of aliphatic imine (C=N–C) groups is 1. The standard InChI is InChI=1S/C14H22N4O/c1-18(11-12-7-9-19-10-8-12)14(17-15)16-13-5-3-2-4-6-13/h2-6,12H,7-11,15H2,1H3,(H,16,17). The number of guanidine groups is 1. The summed E-state index contributed by atoms with van der Waals surface area (Å²) >= 11 is 0. The molecule has 1 saturated heterocycles. The van der Waals surface area contributed by atoms with Crippen LogP contribution in [0.5, 0.6) is 0 Å². The third kappa shape index (κ3) is 4.22. The molecule has 0 spiro atoms. The fourth-order valence-corrected chi connectivity index (χ4v) is 2.26. The lowest BCUT2D eigenvalue weighted by Gasteiger charge is -2.28. The van der Waals surface area contributed by atoms with Crippen LogP contribution in [0.3, 0.4) is 0 Å². The van der Waals surface area contributed by atoms with Crippen LogP contribution in [0.4, 0.5) is 5.69 Å². The molecule has 1 aromatic rings. The molecular formula is C14H22N4O. The zero-order valence-electron chi connectivity index (χ0n) is 11.4. The van der Waals surface area contributed by atoms with E-state index in [1.165, 1.54) is 0 Å². The van der Waals surface area contributed by atoms with Crippen molar-refractivity contribution in [3.63, 3.8) is 0 Å². The maximum Gasteiger partial charge on any atom is 0.213 e. The third-order valence-electron chi connectivity index (χ3n) is 3.35. The minimum atomic E-state index is 0.646. The molecule has 0 atom stereocenters. The molecule has 0 aromatic heterocycles. The Morgan fingerprint density at radius 2 is 2.05 bits per heavy atom. The lowest BCUT2D eigenvalue weighted by Crippen LogP contribution is -2.45. The van der Waals surface area contributed by atoms with Crippen molar-refractivity contribution >= 4 is 11.6 Å². The summed E-state index contributed by atoms with van der Waals surface area (Å²) in [5, 5.41) is 0. The van der Waals surface area contributed by atoms with Gasteiger partial charge in [0, 0.05) is 26.8 Å². The van der Waals surface area contributed by atoms with Gasteiger partial charge in [-0.2, -0.15) is 0 Å². The number of hydrogen-bond donors (Lipinski definition) is 2. The SMILES string of the molecule is CN(CC1CCOCC1)C(=Nc1ccccc1)NN. The van der Waals surface area contributed by atoms with Crippen molar-refractivity contribution in [2.45, 2.75) is 12.8 Å². The summed E-state index contributed by atoms with van der Waals surface area (Å²) in [5.74, 6) is 6.92. The van der Waals surface area contributed by atoms with E-state index in [0.717, 1.165) is 38.3 Å². The van der Waals surface area contributed by atoms with Crippen LogP contribution in [0.2, 0.25) is 0 Å². The van der Waals surface area contributed by atoms with Gasteiger partial charge in [0.1, 0.15) is 0 Å². The molecule has 3 N–H and O–H groups in total. The molecule has 2 rings (SSSR count). The van der Waals surface area contributed by atoms with Crippen LogP contribution in [0.1, 0.15) is 12.8 Å². The molecular weight excluding hydrogens is 240 g/mol. The van der Waals surface area contributed by atoms with Gasteiger partial charge in [0.25, 0.3) is 0 Å². The Kier molecular flexibility index (Phi) is 5.18. The molecule has 1 heterocycles. The van der Waals surface area contributed by atoms with Gasteiger partial charge in [-0.3, -0.25) is 5.43 Å². The van der Waals surface area contributed by atoms with E-state index < -0.39 is 0 Å². The molecule has 104 valence electrons. The quantitative estimate of drug-likeness (QED) is 0.375. The van der Waals surface area contributed by atoms with E-state index in [0.29, 0.717) is 11.9 Å². The predicted octanol–water partition coefficient (Wildman–Crippen LogP) is 1.50. The Balaban J connectivity index is 1.98. The number of rotatable bonds is 3. The van der Waals surface area contributed by atoms with E-state index >= 15 is 0 Å². The molecule has 0 radical (unpaired) electrons. The molecule has 19 heavy (non-hydrogen) atoms. The number of nitrogens with one attached hydrogen (secondary N) is 1. The lowest BCUT2D eigenvalue weighted by molar-refractivity contribution is 0.0610. The molecule has 0 aliphatic carbocycles. The van der Waals surface area contributed by atoms with Gasteiger partial charge < -0.3 is 9.64 Å². The number of hydrazine groups is 1. The molecule has 5 nitrogen and oxygen atoms in total. The van der Waals surface area contributed by atoms with Crippen LogP contribution in [-0.4, -0.2) is 37.7 Å². The van der Waals surface area contributed by atoms with E-state index in [-0.39, 0.29) is 0 Å². The van der Waals surface area contributed by atoms with Gasteiger partial charge in [-0.1, -0.05) is 18.2 Å². The summed E-state index contributed by atoms with van der Waals surface area (Å²) in [4.78, 5) is 6.59. The van der Waals surface area contributed by atoms with E-state index in [1.807, 2.05) is 37.4 Å². The highest BCUT2D eigenvalue weighted by Gasteiger charge is 2.17. The number of ether oxygens (including phenoxy) is 1. The van der Waals surface area contributed by atoms with Crippen LogP contribution in [0.15, 0.2) is 35.3 Å². The molecule has 1 aliphatic heterocycles. The summed E-state index contributed by atoms with van der Waals surface area (Å²) < 4.78 is 5.37. The first-order chi connectivity index (χ1) is 9.29. The fourth-order valence-electron chi connectivity index (χ4n) is 2.26. The number of benzene rings is 1. The first-order valence-electron chi connectivity index (χ1n) is 6.69. The molecule has 1 aromatic carbocycles. The highest BCUT2D eigenvalue weighted by atomic mass is 16.5. The second-order valence-corrected chi connectivity index (χ2v) is 4.85. The van der Waals surface area contributed by atoms with Gasteiger partial charge in [0.05, 0.1) is 5.69 Å². The summed E-state index contributed by atoms with van der Waals surface area (Å²) in [6, 6.07) is 9.82. The summed E-state index contributed by atoms with van der Waals surface area (Å²) in [7, 11) is 2.01. The summed E-state index contributed by atoms with van der Waals surface area (Å²) in [6.45, 7) is 2.67. The number of nitrogens with two attached hydrogens (primary N) is 1. The molecule has 0 unspecified atom stereocenters. The zero-order chi connectivity index (χ0) is 13.5. The zero-order valence-corrected chi connectivity index (χ0v) is 11.4. The maximum atomic E-state index is 5.58. The molecule has 0 saturated carbocycles. The van der Waals surface area contributed by atoms with Crippen molar-refractivity contribution < 1.29 is 4.74 Å². The highest BCUT2D eigenvalue weighted by Crippen LogP contribution is 2.16. The van der Waals surface area contributed by atoms with E-state index in [1.54, 1.807) is 0 Å². The van der Waals surface area contributed by atoms with E-state index in [9.17, 15) is 0 Å². The first-order valence-corrected chi connectivity index (χ1v) is 6.69. The van der Waals surface area contributed by atoms with Gasteiger partial charge in [0.2, 0.25) is 5.96 Å². The Morgan fingerprint density at radius 1 is 1.37 bits per heavy atom. The minimum absolute atomic E-state index is 0.646. The van der Waals surface area contributed by atoms with Crippen LogP contribution in [0, 0.1) is 5.92 Å². The molecule has 0 amide bonds. The number of hydrogen-bond acceptors (Lipinski definition) is 3. The topological polar surface area (TPSA) is 62.9 Å². The van der Waals surface area contributed by atoms with Gasteiger partial charge in [0.15, 0.2) is 0 Å². The van der Waals surface area contributed by atoms with Crippen molar-refractivity contribution in [3.8, 4) is 0 Å². The van der Waals surface area contributed by atoms with Crippen LogP contribution in [0.25, 0.3) is 0 Å². The molecule has 1 fully saturated rings. The predicted molar refractivity (Wildman–Crippen MR) is 77.0 cm³/mol. The average Bonchev–Trinajstić information content (AvgIpc) is 2.47. The van der Waals surface area contributed by atoms with Gasteiger partial charge >= 0.3 is 0 Å². The van der Waals surface area contributed by atoms with E-state index in [2.05, 4.69) is 15.3 Å².